The van der Waals surface area contributed by atoms with E-state index in [2.05, 4.69) is 6.92 Å². The van der Waals surface area contributed by atoms with E-state index in [0.29, 0.717) is 12.5 Å². The van der Waals surface area contributed by atoms with Crippen LogP contribution in [0.5, 0.6) is 0 Å². The van der Waals surface area contributed by atoms with Gasteiger partial charge in [0.15, 0.2) is 0 Å². The van der Waals surface area contributed by atoms with Crippen LogP contribution in [0, 0.1) is 17.8 Å². The average molecular weight is 286 g/mol. The summed E-state index contributed by atoms with van der Waals surface area (Å²) >= 11 is 0. The van der Waals surface area contributed by atoms with E-state index in [1.165, 1.54) is 25.7 Å². The fourth-order valence-electron chi connectivity index (χ4n) is 4.28. The number of nitrogens with two attached hydrogens (primary N) is 1. The van der Waals surface area contributed by atoms with Crippen LogP contribution in [0.1, 0.15) is 44.6 Å². The first-order valence-corrected chi connectivity index (χ1v) is 8.30. The Morgan fingerprint density at radius 2 is 2.00 bits per heavy atom. The second-order valence-corrected chi connectivity index (χ2v) is 6.65. The van der Waals surface area contributed by atoms with Gasteiger partial charge in [-0.15, -0.1) is 0 Å². The normalized spacial score (nSPS) is 27.0. The number of hydrogen-bond donors (Lipinski definition) is 1. The lowest BCUT2D eigenvalue weighted by Gasteiger charge is -2.26. The molecule has 0 radical (unpaired) electrons. The molecule has 3 rings (SSSR count). The lowest BCUT2D eigenvalue weighted by molar-refractivity contribution is -0.119. The van der Waals surface area contributed by atoms with Crippen LogP contribution in [-0.2, 0) is 11.3 Å². The van der Waals surface area contributed by atoms with Crippen LogP contribution in [0.4, 0.5) is 5.69 Å². The van der Waals surface area contributed by atoms with Crippen molar-refractivity contribution in [2.24, 2.45) is 23.5 Å². The Labute approximate surface area is 127 Å². The number of hydrogen-bond acceptors (Lipinski definition) is 2. The van der Waals surface area contributed by atoms with Crippen molar-refractivity contribution in [3.05, 3.63) is 29.8 Å². The molecule has 2 N–H and O–H groups in total. The zero-order valence-corrected chi connectivity index (χ0v) is 12.9. The Bertz CT molecular complexity index is 496. The molecular weight excluding hydrogens is 260 g/mol. The highest BCUT2D eigenvalue weighted by Crippen LogP contribution is 2.49. The molecule has 0 spiro atoms. The van der Waals surface area contributed by atoms with Gasteiger partial charge < -0.3 is 10.6 Å². The van der Waals surface area contributed by atoms with E-state index < -0.39 is 0 Å². The highest BCUT2D eigenvalue weighted by atomic mass is 16.2. The van der Waals surface area contributed by atoms with Gasteiger partial charge in [-0.3, -0.25) is 4.79 Å². The van der Waals surface area contributed by atoms with Crippen molar-refractivity contribution in [2.45, 2.75) is 45.6 Å². The molecular formula is C18H26N2O. The summed E-state index contributed by atoms with van der Waals surface area (Å²) in [5.74, 6) is 2.65. The van der Waals surface area contributed by atoms with Crippen molar-refractivity contribution in [2.75, 3.05) is 11.4 Å². The van der Waals surface area contributed by atoms with Gasteiger partial charge in [0, 0.05) is 25.2 Å². The number of benzene rings is 1. The molecule has 3 atom stereocenters. The Hall–Kier alpha value is -1.35. The van der Waals surface area contributed by atoms with Gasteiger partial charge in [-0.05, 0) is 61.6 Å². The summed E-state index contributed by atoms with van der Waals surface area (Å²) in [6.45, 7) is 3.34. The Morgan fingerprint density at radius 3 is 2.52 bits per heavy atom. The molecule has 1 aromatic rings. The minimum Gasteiger partial charge on any atom is -0.326 e. The number of carbonyl (C=O) groups excluding carboxylic acids is 1. The number of nitrogens with zero attached hydrogens (tertiary/aromatic N) is 1. The van der Waals surface area contributed by atoms with E-state index in [9.17, 15) is 4.79 Å². The molecule has 0 heterocycles. The van der Waals surface area contributed by atoms with E-state index in [1.54, 1.807) is 0 Å². The summed E-state index contributed by atoms with van der Waals surface area (Å²) in [5, 5.41) is 0. The first-order chi connectivity index (χ1) is 10.2. The van der Waals surface area contributed by atoms with Crippen LogP contribution >= 0.6 is 0 Å². The minimum atomic E-state index is 0.288. The van der Waals surface area contributed by atoms with E-state index in [1.807, 2.05) is 29.2 Å². The van der Waals surface area contributed by atoms with Gasteiger partial charge in [-0.2, -0.15) is 0 Å². The third kappa shape index (κ3) is 2.98. The molecule has 114 valence electrons. The van der Waals surface area contributed by atoms with Crippen LogP contribution in [0.3, 0.4) is 0 Å². The van der Waals surface area contributed by atoms with Crippen LogP contribution < -0.4 is 10.6 Å². The predicted molar refractivity (Wildman–Crippen MR) is 85.9 cm³/mol. The molecule has 2 aliphatic carbocycles. The fraction of sp³-hybridized carbons (Fsp3) is 0.611. The predicted octanol–water partition coefficient (Wildman–Crippen LogP) is 3.32. The van der Waals surface area contributed by atoms with E-state index in [-0.39, 0.29) is 5.91 Å². The standard InChI is InChI=1S/C18H26N2O/c1-2-20(17-7-4-13(12-19)5-8-17)18(21)11-16-10-14-3-6-15(16)9-14/h4-5,7-8,14-16H,2-3,6,9-12,19H2,1H3. The van der Waals surface area contributed by atoms with Crippen LogP contribution in [-0.4, -0.2) is 12.5 Å². The summed E-state index contributed by atoms with van der Waals surface area (Å²) < 4.78 is 0. The average Bonchev–Trinajstić information content (AvgIpc) is 3.11. The lowest BCUT2D eigenvalue weighted by Crippen LogP contribution is -2.33. The highest BCUT2D eigenvalue weighted by molar-refractivity contribution is 5.93. The highest BCUT2D eigenvalue weighted by Gasteiger charge is 2.40. The number of carbonyl (C=O) groups is 1. The van der Waals surface area contributed by atoms with Crippen molar-refractivity contribution in [3.63, 3.8) is 0 Å². The van der Waals surface area contributed by atoms with Crippen molar-refractivity contribution in [1.82, 2.24) is 0 Å². The Balaban J connectivity index is 1.65. The second-order valence-electron chi connectivity index (χ2n) is 6.65. The molecule has 3 heteroatoms. The molecule has 2 fully saturated rings. The zero-order chi connectivity index (χ0) is 14.8. The maximum Gasteiger partial charge on any atom is 0.227 e. The summed E-state index contributed by atoms with van der Waals surface area (Å²) in [6, 6.07) is 8.07. The fourth-order valence-corrected chi connectivity index (χ4v) is 4.28. The monoisotopic (exact) mass is 286 g/mol. The first-order valence-electron chi connectivity index (χ1n) is 8.30. The smallest absolute Gasteiger partial charge is 0.227 e. The summed E-state index contributed by atoms with van der Waals surface area (Å²) in [4.78, 5) is 14.6. The van der Waals surface area contributed by atoms with Gasteiger partial charge >= 0.3 is 0 Å². The van der Waals surface area contributed by atoms with E-state index in [0.717, 1.165) is 36.1 Å². The molecule has 1 amide bonds. The summed E-state index contributed by atoms with van der Waals surface area (Å²) in [7, 11) is 0. The van der Waals surface area contributed by atoms with Crippen molar-refractivity contribution >= 4 is 11.6 Å². The van der Waals surface area contributed by atoms with Crippen LogP contribution in [0.25, 0.3) is 0 Å². The maximum absolute atomic E-state index is 12.7. The molecule has 21 heavy (non-hydrogen) atoms. The van der Waals surface area contributed by atoms with Gasteiger partial charge in [0.05, 0.1) is 0 Å². The largest absolute Gasteiger partial charge is 0.326 e. The molecule has 2 bridgehead atoms. The van der Waals surface area contributed by atoms with Crippen molar-refractivity contribution < 1.29 is 4.79 Å². The maximum atomic E-state index is 12.7. The van der Waals surface area contributed by atoms with Gasteiger partial charge in [-0.1, -0.05) is 18.6 Å². The molecule has 2 saturated carbocycles. The second kappa shape index (κ2) is 6.18. The van der Waals surface area contributed by atoms with Gasteiger partial charge in [-0.25, -0.2) is 0 Å². The molecule has 2 aliphatic rings. The number of fused-ring (bicyclic) bond motifs is 2. The van der Waals surface area contributed by atoms with Gasteiger partial charge in [0.25, 0.3) is 0 Å². The van der Waals surface area contributed by atoms with Crippen LogP contribution in [0.15, 0.2) is 24.3 Å². The molecule has 1 aromatic carbocycles. The number of anilines is 1. The third-order valence-corrected chi connectivity index (χ3v) is 5.42. The Kier molecular flexibility index (Phi) is 4.29. The molecule has 0 aliphatic heterocycles. The molecule has 3 unspecified atom stereocenters. The first kappa shape index (κ1) is 14.6. The molecule has 0 saturated heterocycles. The van der Waals surface area contributed by atoms with Crippen molar-refractivity contribution in [1.29, 1.82) is 0 Å². The molecule has 0 aromatic heterocycles. The van der Waals surface area contributed by atoms with Gasteiger partial charge in [0.1, 0.15) is 0 Å². The third-order valence-electron chi connectivity index (χ3n) is 5.42. The zero-order valence-electron chi connectivity index (χ0n) is 12.9. The topological polar surface area (TPSA) is 46.3 Å². The van der Waals surface area contributed by atoms with Gasteiger partial charge in [0.2, 0.25) is 5.91 Å². The number of rotatable bonds is 5. The Morgan fingerprint density at radius 1 is 1.24 bits per heavy atom. The van der Waals surface area contributed by atoms with Crippen LogP contribution in [0.2, 0.25) is 0 Å². The van der Waals surface area contributed by atoms with Crippen molar-refractivity contribution in [3.8, 4) is 0 Å². The lowest BCUT2D eigenvalue weighted by atomic mass is 9.86. The number of amides is 1. The van der Waals surface area contributed by atoms with E-state index in [4.69, 9.17) is 5.73 Å². The summed E-state index contributed by atoms with van der Waals surface area (Å²) in [6.07, 6.45) is 6.12. The minimum absolute atomic E-state index is 0.288. The SMILES string of the molecule is CCN(C(=O)CC1CC2CCC1C2)c1ccc(CN)cc1. The molecule has 3 nitrogen and oxygen atoms in total. The summed E-state index contributed by atoms with van der Waals surface area (Å²) in [5.41, 5.74) is 7.74. The quantitative estimate of drug-likeness (QED) is 0.902. The van der Waals surface area contributed by atoms with E-state index >= 15 is 0 Å².